The van der Waals surface area contributed by atoms with E-state index >= 15 is 0 Å². The molecule has 1 atom stereocenters. The molecule has 0 spiro atoms. The van der Waals surface area contributed by atoms with Gasteiger partial charge in [-0.2, -0.15) is 13.2 Å². The largest absolute Gasteiger partial charge is 0.438 e. The maximum atomic E-state index is 12.5. The van der Waals surface area contributed by atoms with Gasteiger partial charge in [-0.05, 0) is 17.7 Å². The number of aromatic nitrogens is 2. The van der Waals surface area contributed by atoms with Crippen LogP contribution >= 0.6 is 0 Å². The Labute approximate surface area is 98.4 Å². The summed E-state index contributed by atoms with van der Waals surface area (Å²) in [4.78, 5) is 12.9. The first-order chi connectivity index (χ1) is 8.38. The summed E-state index contributed by atoms with van der Waals surface area (Å²) in [6.45, 7) is 0. The van der Waals surface area contributed by atoms with Gasteiger partial charge >= 0.3 is 11.9 Å². The summed E-state index contributed by atoms with van der Waals surface area (Å²) in [6, 6.07) is 3.49. The Morgan fingerprint density at radius 1 is 1.39 bits per heavy atom. The molecule has 0 saturated carbocycles. The van der Waals surface area contributed by atoms with Crippen LogP contribution in [0.1, 0.15) is 23.0 Å². The van der Waals surface area contributed by atoms with Crippen molar-refractivity contribution in [3.63, 3.8) is 0 Å². The van der Waals surface area contributed by atoms with E-state index in [1.807, 2.05) is 0 Å². The van der Waals surface area contributed by atoms with Crippen LogP contribution in [0.5, 0.6) is 0 Å². The maximum Gasteiger partial charge on any atom is 0.438 e. The molecule has 0 fully saturated rings. The van der Waals surface area contributed by atoms with Crippen molar-refractivity contribution in [1.82, 2.24) is 10.1 Å². The minimum absolute atomic E-state index is 0.0284. The van der Waals surface area contributed by atoms with Crippen LogP contribution < -0.4 is 11.5 Å². The van der Waals surface area contributed by atoms with Crippen molar-refractivity contribution < 1.29 is 17.7 Å². The molecule has 0 aliphatic heterocycles. The summed E-state index contributed by atoms with van der Waals surface area (Å²) < 4.78 is 41.8. The van der Waals surface area contributed by atoms with Gasteiger partial charge < -0.3 is 5.73 Å². The van der Waals surface area contributed by atoms with E-state index in [0.29, 0.717) is 0 Å². The zero-order valence-electron chi connectivity index (χ0n) is 8.86. The zero-order valence-corrected chi connectivity index (χ0v) is 8.86. The van der Waals surface area contributed by atoms with Crippen LogP contribution in [0.3, 0.4) is 0 Å². The molecule has 0 saturated heterocycles. The number of aromatic amines is 1. The molecule has 3 N–H and O–H groups in total. The SMILES string of the molecule is NC(c1cccc(C(F)(F)F)c1)c1noc(=O)[nH]1. The molecule has 96 valence electrons. The fourth-order valence-electron chi connectivity index (χ4n) is 1.44. The number of H-pyrrole nitrogens is 1. The molecule has 0 bridgehead atoms. The van der Waals surface area contributed by atoms with Crippen molar-refractivity contribution in [1.29, 1.82) is 0 Å². The molecule has 1 unspecified atom stereocenters. The monoisotopic (exact) mass is 259 g/mol. The average Bonchev–Trinajstić information content (AvgIpc) is 2.74. The van der Waals surface area contributed by atoms with E-state index in [0.717, 1.165) is 12.1 Å². The third kappa shape index (κ3) is 2.43. The molecule has 1 aromatic carbocycles. The Kier molecular flexibility index (Phi) is 2.95. The zero-order chi connectivity index (χ0) is 13.3. The molecule has 0 radical (unpaired) electrons. The van der Waals surface area contributed by atoms with Crippen LogP contribution in [0, 0.1) is 0 Å². The van der Waals surface area contributed by atoms with E-state index in [4.69, 9.17) is 5.73 Å². The lowest BCUT2D eigenvalue weighted by Crippen LogP contribution is -2.16. The number of hydrogen-bond acceptors (Lipinski definition) is 4. The van der Waals surface area contributed by atoms with E-state index in [1.165, 1.54) is 12.1 Å². The number of nitrogens with two attached hydrogens (primary N) is 1. The van der Waals surface area contributed by atoms with Gasteiger partial charge in [0.2, 0.25) is 0 Å². The van der Waals surface area contributed by atoms with Gasteiger partial charge in [0.1, 0.15) is 0 Å². The minimum Gasteiger partial charge on any atom is -0.318 e. The van der Waals surface area contributed by atoms with Gasteiger partial charge in [0.15, 0.2) is 5.82 Å². The normalized spacial score (nSPS) is 13.6. The molecule has 0 aliphatic carbocycles. The van der Waals surface area contributed by atoms with E-state index in [-0.39, 0.29) is 11.4 Å². The first kappa shape index (κ1) is 12.4. The summed E-state index contributed by atoms with van der Waals surface area (Å²) in [5.74, 6) is -0.841. The fourth-order valence-corrected chi connectivity index (χ4v) is 1.44. The third-order valence-electron chi connectivity index (χ3n) is 2.32. The van der Waals surface area contributed by atoms with E-state index < -0.39 is 23.5 Å². The molecular formula is C10H8F3N3O2. The van der Waals surface area contributed by atoms with E-state index in [2.05, 4.69) is 14.7 Å². The van der Waals surface area contributed by atoms with Gasteiger partial charge in [-0.1, -0.05) is 17.3 Å². The summed E-state index contributed by atoms with van der Waals surface area (Å²) in [5.41, 5.74) is 5.04. The van der Waals surface area contributed by atoms with Crippen molar-refractivity contribution in [2.75, 3.05) is 0 Å². The summed E-state index contributed by atoms with van der Waals surface area (Å²) in [7, 11) is 0. The standard InChI is InChI=1S/C10H8F3N3O2/c11-10(12,13)6-3-1-2-5(4-6)7(14)8-15-9(17)18-16-8/h1-4,7H,14H2,(H,15,16,17). The lowest BCUT2D eigenvalue weighted by atomic mass is 10.0. The molecule has 0 aliphatic rings. The lowest BCUT2D eigenvalue weighted by Gasteiger charge is -2.11. The number of nitrogens with one attached hydrogen (secondary N) is 1. The number of rotatable bonds is 2. The molecular weight excluding hydrogens is 251 g/mol. The van der Waals surface area contributed by atoms with Gasteiger partial charge in [0.05, 0.1) is 11.6 Å². The van der Waals surface area contributed by atoms with Crippen LogP contribution in [0.4, 0.5) is 13.2 Å². The Morgan fingerprint density at radius 2 is 2.11 bits per heavy atom. The van der Waals surface area contributed by atoms with Gasteiger partial charge in [-0.25, -0.2) is 4.79 Å². The van der Waals surface area contributed by atoms with Gasteiger partial charge in [0, 0.05) is 0 Å². The van der Waals surface area contributed by atoms with E-state index in [9.17, 15) is 18.0 Å². The highest BCUT2D eigenvalue weighted by molar-refractivity contribution is 5.30. The minimum atomic E-state index is -4.45. The van der Waals surface area contributed by atoms with Crippen molar-refractivity contribution in [2.45, 2.75) is 12.2 Å². The van der Waals surface area contributed by atoms with Crippen LogP contribution in [0.2, 0.25) is 0 Å². The second kappa shape index (κ2) is 4.30. The molecule has 2 rings (SSSR count). The summed E-state index contributed by atoms with van der Waals surface area (Å²) >= 11 is 0. The average molecular weight is 259 g/mol. The molecule has 2 aromatic rings. The highest BCUT2D eigenvalue weighted by Gasteiger charge is 2.31. The highest BCUT2D eigenvalue weighted by Crippen LogP contribution is 2.30. The van der Waals surface area contributed by atoms with Gasteiger partial charge in [0.25, 0.3) is 0 Å². The Hall–Kier alpha value is -2.09. The molecule has 5 nitrogen and oxygen atoms in total. The number of nitrogens with zero attached hydrogens (tertiary/aromatic N) is 1. The summed E-state index contributed by atoms with van der Waals surface area (Å²) in [5, 5.41) is 3.33. The predicted molar refractivity (Wildman–Crippen MR) is 54.6 cm³/mol. The quantitative estimate of drug-likeness (QED) is 0.854. The molecule has 0 amide bonds. The second-order valence-electron chi connectivity index (χ2n) is 3.58. The lowest BCUT2D eigenvalue weighted by molar-refractivity contribution is -0.137. The number of hydrogen-bond donors (Lipinski definition) is 2. The van der Waals surface area contributed by atoms with E-state index in [1.54, 1.807) is 0 Å². The van der Waals surface area contributed by atoms with Crippen molar-refractivity contribution >= 4 is 0 Å². The van der Waals surface area contributed by atoms with Crippen LogP contribution in [-0.4, -0.2) is 10.1 Å². The second-order valence-corrected chi connectivity index (χ2v) is 3.58. The highest BCUT2D eigenvalue weighted by atomic mass is 19.4. The van der Waals surface area contributed by atoms with Crippen LogP contribution in [-0.2, 0) is 6.18 Å². The first-order valence-corrected chi connectivity index (χ1v) is 4.86. The van der Waals surface area contributed by atoms with Gasteiger partial charge in [-0.15, -0.1) is 0 Å². The van der Waals surface area contributed by atoms with Crippen molar-refractivity contribution in [2.24, 2.45) is 5.73 Å². The number of alkyl halides is 3. The van der Waals surface area contributed by atoms with Crippen LogP contribution in [0.15, 0.2) is 33.6 Å². The summed E-state index contributed by atoms with van der Waals surface area (Å²) in [6.07, 6.45) is -4.45. The molecule has 1 aromatic heterocycles. The third-order valence-corrected chi connectivity index (χ3v) is 2.32. The topological polar surface area (TPSA) is 84.9 Å². The Balaban J connectivity index is 2.37. The molecule has 1 heterocycles. The molecule has 18 heavy (non-hydrogen) atoms. The fraction of sp³-hybridized carbons (Fsp3) is 0.200. The van der Waals surface area contributed by atoms with Crippen molar-refractivity contribution in [3.05, 3.63) is 51.8 Å². The first-order valence-electron chi connectivity index (χ1n) is 4.86. The van der Waals surface area contributed by atoms with Crippen molar-refractivity contribution in [3.8, 4) is 0 Å². The molecule has 8 heteroatoms. The smallest absolute Gasteiger partial charge is 0.318 e. The van der Waals surface area contributed by atoms with Gasteiger partial charge in [-0.3, -0.25) is 9.51 Å². The Morgan fingerprint density at radius 3 is 2.67 bits per heavy atom. The maximum absolute atomic E-state index is 12.5. The number of halogens is 3. The van der Waals surface area contributed by atoms with Crippen LogP contribution in [0.25, 0.3) is 0 Å². The Bertz CT molecular complexity index is 603. The number of benzene rings is 1. The predicted octanol–water partition coefficient (Wildman–Crippen LogP) is 1.43.